The Labute approximate surface area is 99.3 Å². The highest BCUT2D eigenvalue weighted by Gasteiger charge is 2.44. The van der Waals surface area contributed by atoms with Crippen molar-refractivity contribution in [2.75, 3.05) is 11.4 Å². The third kappa shape index (κ3) is 1.82. The van der Waals surface area contributed by atoms with Crippen molar-refractivity contribution in [2.24, 2.45) is 0 Å². The van der Waals surface area contributed by atoms with Gasteiger partial charge in [-0.05, 0) is 31.9 Å². The average molecular weight is 231 g/mol. The molecule has 0 aliphatic carbocycles. The summed E-state index contributed by atoms with van der Waals surface area (Å²) in [6.07, 6.45) is 2.95. The van der Waals surface area contributed by atoms with Gasteiger partial charge in [0.05, 0.1) is 11.6 Å². The molecule has 1 aromatic rings. The maximum Gasteiger partial charge on any atom is 0.329 e. The lowest BCUT2D eigenvalue weighted by atomic mass is 9.99. The zero-order valence-electron chi connectivity index (χ0n) is 9.55. The lowest BCUT2D eigenvalue weighted by Gasteiger charge is -2.32. The zero-order chi connectivity index (χ0) is 12.5. The Morgan fingerprint density at radius 3 is 3.12 bits per heavy atom. The molecule has 1 aliphatic rings. The predicted octanol–water partition coefficient (Wildman–Crippen LogP) is 1.40. The summed E-state index contributed by atoms with van der Waals surface area (Å²) < 4.78 is 0. The van der Waals surface area contributed by atoms with Crippen LogP contribution in [0.3, 0.4) is 0 Å². The molecule has 1 aromatic heterocycles. The second-order valence-corrected chi connectivity index (χ2v) is 4.35. The van der Waals surface area contributed by atoms with Crippen LogP contribution < -0.4 is 4.90 Å². The number of nitrogens with zero attached hydrogens (tertiary/aromatic N) is 3. The molecule has 1 atom stereocenters. The molecule has 1 N–H and O–H groups in total. The van der Waals surface area contributed by atoms with Crippen LogP contribution in [0.2, 0.25) is 0 Å². The first-order valence-electron chi connectivity index (χ1n) is 5.45. The number of rotatable bonds is 2. The topological polar surface area (TPSA) is 77.2 Å². The average Bonchev–Trinajstić information content (AvgIpc) is 2.73. The van der Waals surface area contributed by atoms with E-state index in [4.69, 9.17) is 5.26 Å². The first-order valence-corrected chi connectivity index (χ1v) is 5.45. The molecule has 1 unspecified atom stereocenters. The van der Waals surface area contributed by atoms with Crippen molar-refractivity contribution in [3.63, 3.8) is 0 Å². The van der Waals surface area contributed by atoms with Crippen LogP contribution in [-0.2, 0) is 4.79 Å². The number of anilines is 1. The third-order valence-corrected chi connectivity index (χ3v) is 3.25. The van der Waals surface area contributed by atoms with E-state index in [0.29, 0.717) is 24.3 Å². The standard InChI is InChI=1S/C12H13N3O2/c1-12(11(16)17)4-2-6-15(12)10-7-9(8-13)3-5-14-10/h3,5,7H,2,4,6H2,1H3,(H,16,17). The Morgan fingerprint density at radius 1 is 1.71 bits per heavy atom. The van der Waals surface area contributed by atoms with Gasteiger partial charge in [-0.1, -0.05) is 0 Å². The van der Waals surface area contributed by atoms with Crippen LogP contribution in [0.15, 0.2) is 18.3 Å². The second-order valence-electron chi connectivity index (χ2n) is 4.35. The number of pyridine rings is 1. The van der Waals surface area contributed by atoms with Crippen molar-refractivity contribution in [1.82, 2.24) is 4.98 Å². The van der Waals surface area contributed by atoms with E-state index in [9.17, 15) is 9.90 Å². The maximum atomic E-state index is 11.3. The van der Waals surface area contributed by atoms with Gasteiger partial charge in [0.15, 0.2) is 0 Å². The van der Waals surface area contributed by atoms with Gasteiger partial charge in [-0.2, -0.15) is 5.26 Å². The molecule has 5 heteroatoms. The monoisotopic (exact) mass is 231 g/mol. The number of carboxylic acid groups (broad SMARTS) is 1. The minimum atomic E-state index is -0.916. The van der Waals surface area contributed by atoms with Crippen LogP contribution in [-0.4, -0.2) is 28.1 Å². The van der Waals surface area contributed by atoms with Crippen molar-refractivity contribution in [2.45, 2.75) is 25.3 Å². The van der Waals surface area contributed by atoms with Crippen molar-refractivity contribution in [3.8, 4) is 6.07 Å². The van der Waals surface area contributed by atoms with E-state index in [1.807, 2.05) is 6.07 Å². The fraction of sp³-hybridized carbons (Fsp3) is 0.417. The summed E-state index contributed by atoms with van der Waals surface area (Å²) >= 11 is 0. The SMILES string of the molecule is CC1(C(=O)O)CCCN1c1cc(C#N)ccn1. The lowest BCUT2D eigenvalue weighted by Crippen LogP contribution is -2.48. The first-order chi connectivity index (χ1) is 8.08. The van der Waals surface area contributed by atoms with Gasteiger partial charge in [0.2, 0.25) is 0 Å². The maximum absolute atomic E-state index is 11.3. The van der Waals surface area contributed by atoms with Gasteiger partial charge < -0.3 is 10.0 Å². The quantitative estimate of drug-likeness (QED) is 0.832. The molecular formula is C12H13N3O2. The molecule has 0 radical (unpaired) electrons. The highest BCUT2D eigenvalue weighted by atomic mass is 16.4. The van der Waals surface area contributed by atoms with Gasteiger partial charge in [0.1, 0.15) is 11.4 Å². The molecule has 2 heterocycles. The van der Waals surface area contributed by atoms with Crippen LogP contribution in [0.1, 0.15) is 25.3 Å². The fourth-order valence-electron chi connectivity index (χ4n) is 2.19. The molecule has 1 aliphatic heterocycles. The number of carbonyl (C=O) groups is 1. The highest BCUT2D eigenvalue weighted by molar-refractivity contribution is 5.83. The molecule has 17 heavy (non-hydrogen) atoms. The summed E-state index contributed by atoms with van der Waals surface area (Å²) in [5, 5.41) is 18.1. The van der Waals surface area contributed by atoms with E-state index < -0.39 is 11.5 Å². The van der Waals surface area contributed by atoms with Gasteiger partial charge in [-0.25, -0.2) is 9.78 Å². The van der Waals surface area contributed by atoms with Gasteiger partial charge >= 0.3 is 5.97 Å². The predicted molar refractivity (Wildman–Crippen MR) is 61.6 cm³/mol. The van der Waals surface area contributed by atoms with Gasteiger partial charge in [0.25, 0.3) is 0 Å². The number of aliphatic carboxylic acids is 1. The van der Waals surface area contributed by atoms with Gasteiger partial charge in [0, 0.05) is 12.7 Å². The molecular weight excluding hydrogens is 218 g/mol. The molecule has 0 amide bonds. The summed E-state index contributed by atoms with van der Waals surface area (Å²) in [6.45, 7) is 2.35. The van der Waals surface area contributed by atoms with E-state index in [1.165, 1.54) is 6.20 Å². The number of nitriles is 1. The minimum Gasteiger partial charge on any atom is -0.480 e. The Morgan fingerprint density at radius 2 is 2.47 bits per heavy atom. The summed E-state index contributed by atoms with van der Waals surface area (Å²) in [4.78, 5) is 17.2. The first kappa shape index (κ1) is 11.4. The summed E-state index contributed by atoms with van der Waals surface area (Å²) in [5.41, 5.74) is -0.421. The molecule has 0 aromatic carbocycles. The van der Waals surface area contributed by atoms with E-state index in [1.54, 1.807) is 24.0 Å². The molecule has 2 rings (SSSR count). The summed E-state index contributed by atoms with van der Waals surface area (Å²) in [6, 6.07) is 5.27. The van der Waals surface area contributed by atoms with Gasteiger partial charge in [-0.15, -0.1) is 0 Å². The number of hydrogen-bond acceptors (Lipinski definition) is 4. The molecule has 88 valence electrons. The Bertz CT molecular complexity index is 495. The van der Waals surface area contributed by atoms with Crippen molar-refractivity contribution < 1.29 is 9.90 Å². The normalized spacial score (nSPS) is 23.4. The lowest BCUT2D eigenvalue weighted by molar-refractivity contribution is -0.142. The minimum absolute atomic E-state index is 0.495. The third-order valence-electron chi connectivity index (χ3n) is 3.25. The van der Waals surface area contributed by atoms with Crippen LogP contribution in [0, 0.1) is 11.3 Å². The van der Waals surface area contributed by atoms with E-state index in [-0.39, 0.29) is 0 Å². The Kier molecular flexibility index (Phi) is 2.72. The molecule has 1 saturated heterocycles. The second kappa shape index (κ2) is 4.06. The number of carboxylic acids is 1. The van der Waals surface area contributed by atoms with Crippen molar-refractivity contribution in [1.29, 1.82) is 5.26 Å². The number of hydrogen-bond donors (Lipinski definition) is 1. The van der Waals surface area contributed by atoms with Gasteiger partial charge in [-0.3, -0.25) is 0 Å². The zero-order valence-corrected chi connectivity index (χ0v) is 9.55. The Balaban J connectivity index is 2.39. The smallest absolute Gasteiger partial charge is 0.329 e. The number of aromatic nitrogens is 1. The fourth-order valence-corrected chi connectivity index (χ4v) is 2.19. The van der Waals surface area contributed by atoms with Crippen LogP contribution in [0.5, 0.6) is 0 Å². The van der Waals surface area contributed by atoms with E-state index in [2.05, 4.69) is 4.98 Å². The van der Waals surface area contributed by atoms with Crippen molar-refractivity contribution >= 4 is 11.8 Å². The summed E-state index contributed by atoms with van der Waals surface area (Å²) in [5.74, 6) is -0.286. The largest absolute Gasteiger partial charge is 0.480 e. The summed E-state index contributed by atoms with van der Waals surface area (Å²) in [7, 11) is 0. The molecule has 1 fully saturated rings. The van der Waals surface area contributed by atoms with E-state index >= 15 is 0 Å². The van der Waals surface area contributed by atoms with Crippen molar-refractivity contribution in [3.05, 3.63) is 23.9 Å². The molecule has 5 nitrogen and oxygen atoms in total. The molecule has 0 spiro atoms. The van der Waals surface area contributed by atoms with Crippen LogP contribution >= 0.6 is 0 Å². The Hall–Kier alpha value is -2.09. The van der Waals surface area contributed by atoms with Crippen LogP contribution in [0.25, 0.3) is 0 Å². The highest BCUT2D eigenvalue weighted by Crippen LogP contribution is 2.33. The molecule has 0 bridgehead atoms. The van der Waals surface area contributed by atoms with Crippen LogP contribution in [0.4, 0.5) is 5.82 Å². The van der Waals surface area contributed by atoms with E-state index in [0.717, 1.165) is 6.42 Å². The molecule has 0 saturated carbocycles.